The van der Waals surface area contributed by atoms with Crippen molar-refractivity contribution in [3.05, 3.63) is 0 Å². The number of carbonyl (C=O) groups is 1. The van der Waals surface area contributed by atoms with E-state index < -0.39 is 11.2 Å². The van der Waals surface area contributed by atoms with Gasteiger partial charge >= 0.3 is 0 Å². The summed E-state index contributed by atoms with van der Waals surface area (Å²) in [6.45, 7) is 3.74. The Morgan fingerprint density at radius 1 is 1.57 bits per heavy atom. The Bertz CT molecular complexity index is 221. The highest BCUT2D eigenvalue weighted by Gasteiger charge is 2.36. The highest BCUT2D eigenvalue weighted by atomic mass is 16.5. The molecule has 14 heavy (non-hydrogen) atoms. The zero-order chi connectivity index (χ0) is 10.8. The molecule has 1 amide bonds. The SMILES string of the molecule is COC(C)(C)C(=O)NCC1(O)CCC1. The Morgan fingerprint density at radius 3 is 2.50 bits per heavy atom. The summed E-state index contributed by atoms with van der Waals surface area (Å²) < 4.78 is 5.02. The van der Waals surface area contributed by atoms with Crippen LogP contribution >= 0.6 is 0 Å². The van der Waals surface area contributed by atoms with Gasteiger partial charge in [0, 0.05) is 13.7 Å². The lowest BCUT2D eigenvalue weighted by atomic mass is 9.80. The van der Waals surface area contributed by atoms with Gasteiger partial charge in [0.05, 0.1) is 5.60 Å². The number of ether oxygens (including phenoxy) is 1. The Balaban J connectivity index is 2.34. The van der Waals surface area contributed by atoms with E-state index >= 15 is 0 Å². The molecular weight excluding hydrogens is 182 g/mol. The smallest absolute Gasteiger partial charge is 0.251 e. The average molecular weight is 201 g/mol. The van der Waals surface area contributed by atoms with Crippen LogP contribution in [0.1, 0.15) is 33.1 Å². The Morgan fingerprint density at radius 2 is 2.14 bits per heavy atom. The van der Waals surface area contributed by atoms with Gasteiger partial charge in [0.1, 0.15) is 5.60 Å². The van der Waals surface area contributed by atoms with Gasteiger partial charge < -0.3 is 15.2 Å². The molecule has 82 valence electrons. The molecule has 0 atom stereocenters. The van der Waals surface area contributed by atoms with Crippen LogP contribution in [0.25, 0.3) is 0 Å². The van der Waals surface area contributed by atoms with E-state index in [0.29, 0.717) is 6.54 Å². The number of hydrogen-bond donors (Lipinski definition) is 2. The van der Waals surface area contributed by atoms with Crippen LogP contribution in [0, 0.1) is 0 Å². The lowest BCUT2D eigenvalue weighted by Gasteiger charge is -2.37. The summed E-state index contributed by atoms with van der Waals surface area (Å²) in [5.41, 5.74) is -1.49. The van der Waals surface area contributed by atoms with Crippen LogP contribution in [0.3, 0.4) is 0 Å². The second-order valence-corrected chi connectivity index (χ2v) is 4.48. The number of hydrogen-bond acceptors (Lipinski definition) is 3. The largest absolute Gasteiger partial charge is 0.388 e. The molecule has 2 N–H and O–H groups in total. The van der Waals surface area contributed by atoms with Gasteiger partial charge in [-0.1, -0.05) is 0 Å². The van der Waals surface area contributed by atoms with Crippen molar-refractivity contribution in [1.82, 2.24) is 5.32 Å². The van der Waals surface area contributed by atoms with E-state index in [9.17, 15) is 9.90 Å². The van der Waals surface area contributed by atoms with E-state index in [1.807, 2.05) is 0 Å². The monoisotopic (exact) mass is 201 g/mol. The van der Waals surface area contributed by atoms with Gasteiger partial charge in [-0.15, -0.1) is 0 Å². The highest BCUT2D eigenvalue weighted by molar-refractivity contribution is 5.84. The molecule has 1 rings (SSSR count). The van der Waals surface area contributed by atoms with Crippen molar-refractivity contribution < 1.29 is 14.6 Å². The minimum absolute atomic E-state index is 0.180. The molecular formula is C10H19NO3. The highest BCUT2D eigenvalue weighted by Crippen LogP contribution is 2.30. The van der Waals surface area contributed by atoms with Crippen LogP contribution in [0.5, 0.6) is 0 Å². The predicted octanol–water partition coefficient (Wildman–Crippen LogP) is 0.443. The third kappa shape index (κ3) is 2.45. The first kappa shape index (κ1) is 11.5. The summed E-state index contributed by atoms with van der Waals surface area (Å²) in [5.74, 6) is -0.180. The lowest BCUT2D eigenvalue weighted by molar-refractivity contribution is -0.141. The van der Waals surface area contributed by atoms with Gasteiger partial charge in [-0.25, -0.2) is 0 Å². The maximum absolute atomic E-state index is 11.5. The summed E-state index contributed by atoms with van der Waals surface area (Å²) in [7, 11) is 1.50. The van der Waals surface area contributed by atoms with Crippen molar-refractivity contribution in [3.8, 4) is 0 Å². The molecule has 1 aliphatic carbocycles. The molecule has 1 aliphatic rings. The fraction of sp³-hybridized carbons (Fsp3) is 0.900. The van der Waals surface area contributed by atoms with E-state index in [1.54, 1.807) is 13.8 Å². The predicted molar refractivity (Wildman–Crippen MR) is 52.9 cm³/mol. The van der Waals surface area contributed by atoms with Gasteiger partial charge in [-0.3, -0.25) is 4.79 Å². The van der Waals surface area contributed by atoms with Gasteiger partial charge in [0.15, 0.2) is 0 Å². The minimum atomic E-state index is -0.819. The van der Waals surface area contributed by atoms with Crippen molar-refractivity contribution in [2.24, 2.45) is 0 Å². The lowest BCUT2D eigenvalue weighted by Crippen LogP contribution is -2.52. The number of aliphatic hydroxyl groups is 1. The number of methoxy groups -OCH3 is 1. The summed E-state index contributed by atoms with van der Waals surface area (Å²) >= 11 is 0. The van der Waals surface area contributed by atoms with Crippen molar-refractivity contribution in [2.75, 3.05) is 13.7 Å². The van der Waals surface area contributed by atoms with Crippen LogP contribution in [0.15, 0.2) is 0 Å². The molecule has 0 bridgehead atoms. The molecule has 4 nitrogen and oxygen atoms in total. The molecule has 0 spiro atoms. The number of amides is 1. The fourth-order valence-corrected chi connectivity index (χ4v) is 1.31. The summed E-state index contributed by atoms with van der Waals surface area (Å²) in [6.07, 6.45) is 2.60. The fourth-order valence-electron chi connectivity index (χ4n) is 1.31. The van der Waals surface area contributed by atoms with E-state index in [-0.39, 0.29) is 5.91 Å². The topological polar surface area (TPSA) is 58.6 Å². The molecule has 0 aromatic carbocycles. The van der Waals surface area contributed by atoms with E-state index in [4.69, 9.17) is 4.74 Å². The second kappa shape index (κ2) is 3.87. The molecule has 0 saturated heterocycles. The van der Waals surface area contributed by atoms with Crippen LogP contribution < -0.4 is 5.32 Å². The van der Waals surface area contributed by atoms with Gasteiger partial charge in [-0.2, -0.15) is 0 Å². The molecule has 0 radical (unpaired) electrons. The first-order valence-corrected chi connectivity index (χ1v) is 4.95. The van der Waals surface area contributed by atoms with Gasteiger partial charge in [0.2, 0.25) is 0 Å². The molecule has 1 fully saturated rings. The summed E-state index contributed by atoms with van der Waals surface area (Å²) in [5, 5.41) is 12.4. The first-order valence-electron chi connectivity index (χ1n) is 4.95. The van der Waals surface area contributed by atoms with Crippen LogP contribution in [-0.4, -0.2) is 35.9 Å². The molecule has 4 heteroatoms. The van der Waals surface area contributed by atoms with E-state index in [0.717, 1.165) is 19.3 Å². The van der Waals surface area contributed by atoms with Crippen molar-refractivity contribution >= 4 is 5.91 Å². The minimum Gasteiger partial charge on any atom is -0.388 e. The maximum atomic E-state index is 11.5. The zero-order valence-electron chi connectivity index (χ0n) is 9.09. The summed E-state index contributed by atoms with van der Waals surface area (Å²) in [4.78, 5) is 11.5. The summed E-state index contributed by atoms with van der Waals surface area (Å²) in [6, 6.07) is 0. The molecule has 0 heterocycles. The first-order chi connectivity index (χ1) is 6.40. The molecule has 0 aromatic rings. The van der Waals surface area contributed by atoms with E-state index in [1.165, 1.54) is 7.11 Å². The van der Waals surface area contributed by atoms with Gasteiger partial charge in [0.25, 0.3) is 5.91 Å². The van der Waals surface area contributed by atoms with Crippen molar-refractivity contribution in [3.63, 3.8) is 0 Å². The van der Waals surface area contributed by atoms with Crippen molar-refractivity contribution in [2.45, 2.75) is 44.3 Å². The zero-order valence-corrected chi connectivity index (χ0v) is 9.09. The molecule has 0 aromatic heterocycles. The maximum Gasteiger partial charge on any atom is 0.251 e. The Kier molecular flexibility index (Phi) is 3.17. The van der Waals surface area contributed by atoms with Crippen LogP contribution in [0.2, 0.25) is 0 Å². The average Bonchev–Trinajstić information content (AvgIpc) is 2.11. The third-order valence-electron chi connectivity index (χ3n) is 2.92. The molecule has 1 saturated carbocycles. The Hall–Kier alpha value is -0.610. The van der Waals surface area contributed by atoms with Crippen molar-refractivity contribution in [1.29, 1.82) is 0 Å². The molecule has 0 aliphatic heterocycles. The van der Waals surface area contributed by atoms with Gasteiger partial charge in [-0.05, 0) is 33.1 Å². The number of carbonyl (C=O) groups excluding carboxylic acids is 1. The van der Waals surface area contributed by atoms with Crippen LogP contribution in [0.4, 0.5) is 0 Å². The second-order valence-electron chi connectivity index (χ2n) is 4.48. The Labute approximate surface area is 84.6 Å². The normalized spacial score (nSPS) is 20.0. The third-order valence-corrected chi connectivity index (χ3v) is 2.92. The standard InChI is InChI=1S/C10H19NO3/c1-9(2,14-3)8(12)11-7-10(13)5-4-6-10/h13H,4-7H2,1-3H3,(H,11,12). The van der Waals surface area contributed by atoms with Crippen LogP contribution in [-0.2, 0) is 9.53 Å². The van der Waals surface area contributed by atoms with E-state index in [2.05, 4.69) is 5.32 Å². The quantitative estimate of drug-likeness (QED) is 0.694. The number of nitrogens with one attached hydrogen (secondary N) is 1. The molecule has 0 unspecified atom stereocenters. The number of rotatable bonds is 4.